The van der Waals surface area contributed by atoms with Gasteiger partial charge >= 0.3 is 0 Å². The van der Waals surface area contributed by atoms with Gasteiger partial charge < -0.3 is 25.4 Å². The number of carbonyl (C=O) groups is 2. The molecule has 0 unspecified atom stereocenters. The Morgan fingerprint density at radius 1 is 0.833 bits per heavy atom. The second-order valence-corrected chi connectivity index (χ2v) is 8.68. The molecule has 0 saturated carbocycles. The summed E-state index contributed by atoms with van der Waals surface area (Å²) in [6.45, 7) is 9.29. The zero-order valence-corrected chi connectivity index (χ0v) is 21.6. The van der Waals surface area contributed by atoms with Gasteiger partial charge in [0.05, 0.1) is 19.9 Å². The first-order valence-corrected chi connectivity index (χ1v) is 11.9. The Balaban J connectivity index is 0.00000106. The summed E-state index contributed by atoms with van der Waals surface area (Å²) in [5, 5.41) is 8.56. The molecule has 0 saturated heterocycles. The Labute approximate surface area is 213 Å². The molecule has 2 aromatic carbocycles. The molecule has 8 heteroatoms. The van der Waals surface area contributed by atoms with Crippen molar-refractivity contribution < 1.29 is 19.1 Å². The van der Waals surface area contributed by atoms with Crippen LogP contribution in [0.5, 0.6) is 17.2 Å². The van der Waals surface area contributed by atoms with E-state index in [1.165, 1.54) is 0 Å². The lowest BCUT2D eigenvalue weighted by molar-refractivity contribution is -0.120. The molecular formula is C28H36N4O4. The van der Waals surface area contributed by atoms with E-state index in [1.807, 2.05) is 43.3 Å². The first-order valence-electron chi connectivity index (χ1n) is 11.9. The number of nitrogens with one attached hydrogen (secondary N) is 3. The Bertz CT molecular complexity index is 1060. The van der Waals surface area contributed by atoms with Crippen molar-refractivity contribution in [2.45, 2.75) is 27.7 Å². The van der Waals surface area contributed by atoms with Crippen molar-refractivity contribution in [1.82, 2.24) is 15.6 Å². The lowest BCUT2D eigenvalue weighted by Crippen LogP contribution is -2.38. The van der Waals surface area contributed by atoms with Gasteiger partial charge in [0.2, 0.25) is 5.91 Å². The summed E-state index contributed by atoms with van der Waals surface area (Å²) in [7, 11) is 1.62. The number of pyridine rings is 1. The number of carbonyl (C=O) groups excluding carboxylic acids is 2. The fourth-order valence-corrected chi connectivity index (χ4v) is 2.77. The van der Waals surface area contributed by atoms with Crippen LogP contribution in [-0.4, -0.2) is 43.5 Å². The highest BCUT2D eigenvalue weighted by molar-refractivity contribution is 5.96. The molecule has 1 aromatic heterocycles. The smallest absolute Gasteiger partial charge is 0.251 e. The van der Waals surface area contributed by atoms with Gasteiger partial charge in [-0.3, -0.25) is 14.6 Å². The Morgan fingerprint density at radius 3 is 2.03 bits per heavy atom. The van der Waals surface area contributed by atoms with Gasteiger partial charge in [-0.2, -0.15) is 0 Å². The SMILES string of the molecule is CC(C)C.COc1ccc(NCCNC(=O)CNC(=O)c2ccc(Oc3ccc(C)nc3)cc2)cc1. The van der Waals surface area contributed by atoms with Crippen LogP contribution in [0.3, 0.4) is 0 Å². The molecule has 0 aliphatic heterocycles. The van der Waals surface area contributed by atoms with Crippen LogP contribution in [0.1, 0.15) is 36.8 Å². The average molecular weight is 493 g/mol. The average Bonchev–Trinajstić information content (AvgIpc) is 2.87. The molecule has 8 nitrogen and oxygen atoms in total. The number of nitrogens with zero attached hydrogens (tertiary/aromatic N) is 1. The fraction of sp³-hybridized carbons (Fsp3) is 0.321. The van der Waals surface area contributed by atoms with Crippen molar-refractivity contribution in [3.8, 4) is 17.2 Å². The molecule has 2 amide bonds. The summed E-state index contributed by atoms with van der Waals surface area (Å²) in [6.07, 6.45) is 1.64. The fourth-order valence-electron chi connectivity index (χ4n) is 2.77. The van der Waals surface area contributed by atoms with Crippen LogP contribution in [-0.2, 0) is 4.79 Å². The Hall–Kier alpha value is -4.07. The zero-order chi connectivity index (χ0) is 26.3. The minimum atomic E-state index is -0.333. The highest BCUT2D eigenvalue weighted by atomic mass is 16.5. The monoisotopic (exact) mass is 492 g/mol. The van der Waals surface area contributed by atoms with E-state index in [2.05, 4.69) is 41.7 Å². The van der Waals surface area contributed by atoms with E-state index in [4.69, 9.17) is 9.47 Å². The Morgan fingerprint density at radius 2 is 1.44 bits per heavy atom. The van der Waals surface area contributed by atoms with E-state index in [0.717, 1.165) is 23.0 Å². The quantitative estimate of drug-likeness (QED) is 0.351. The highest BCUT2D eigenvalue weighted by Crippen LogP contribution is 2.21. The molecular weight excluding hydrogens is 456 g/mol. The minimum Gasteiger partial charge on any atom is -0.497 e. The van der Waals surface area contributed by atoms with Crippen molar-refractivity contribution in [3.05, 3.63) is 78.1 Å². The highest BCUT2D eigenvalue weighted by Gasteiger charge is 2.08. The predicted molar refractivity (Wildman–Crippen MR) is 143 cm³/mol. The maximum Gasteiger partial charge on any atom is 0.251 e. The number of anilines is 1. The molecule has 36 heavy (non-hydrogen) atoms. The second-order valence-electron chi connectivity index (χ2n) is 8.68. The van der Waals surface area contributed by atoms with Crippen LogP contribution in [0, 0.1) is 12.8 Å². The third-order valence-corrected chi connectivity index (χ3v) is 4.51. The lowest BCUT2D eigenvalue weighted by atomic mass is 10.2. The van der Waals surface area contributed by atoms with Crippen LogP contribution < -0.4 is 25.4 Å². The molecule has 0 atom stereocenters. The summed E-state index contributed by atoms with van der Waals surface area (Å²) in [4.78, 5) is 28.4. The van der Waals surface area contributed by atoms with Gasteiger partial charge in [-0.05, 0) is 73.5 Å². The molecule has 0 bridgehead atoms. The van der Waals surface area contributed by atoms with E-state index in [0.29, 0.717) is 30.2 Å². The predicted octanol–water partition coefficient (Wildman–Crippen LogP) is 4.81. The molecule has 3 N–H and O–H groups in total. The lowest BCUT2D eigenvalue weighted by Gasteiger charge is -2.10. The van der Waals surface area contributed by atoms with Crippen LogP contribution in [0.15, 0.2) is 66.9 Å². The summed E-state index contributed by atoms with van der Waals surface area (Å²) < 4.78 is 10.8. The van der Waals surface area contributed by atoms with Crippen LogP contribution in [0.4, 0.5) is 5.69 Å². The van der Waals surface area contributed by atoms with Gasteiger partial charge in [-0.1, -0.05) is 20.8 Å². The molecule has 0 fully saturated rings. The van der Waals surface area contributed by atoms with E-state index in [-0.39, 0.29) is 18.4 Å². The molecule has 192 valence electrons. The van der Waals surface area contributed by atoms with Crippen molar-refractivity contribution in [1.29, 1.82) is 0 Å². The molecule has 0 aliphatic rings. The van der Waals surface area contributed by atoms with Gasteiger partial charge in [0.25, 0.3) is 5.91 Å². The number of methoxy groups -OCH3 is 1. The summed E-state index contributed by atoms with van der Waals surface area (Å²) in [5.74, 6) is 2.23. The van der Waals surface area contributed by atoms with Crippen molar-refractivity contribution >= 4 is 17.5 Å². The summed E-state index contributed by atoms with van der Waals surface area (Å²) in [5.41, 5.74) is 2.27. The molecule has 0 spiro atoms. The van der Waals surface area contributed by atoms with E-state index < -0.39 is 0 Å². The van der Waals surface area contributed by atoms with Crippen molar-refractivity contribution in [3.63, 3.8) is 0 Å². The number of hydrogen-bond donors (Lipinski definition) is 3. The number of benzene rings is 2. The number of hydrogen-bond acceptors (Lipinski definition) is 6. The van der Waals surface area contributed by atoms with Gasteiger partial charge in [-0.15, -0.1) is 0 Å². The molecule has 0 aliphatic carbocycles. The molecule has 3 aromatic rings. The molecule has 0 radical (unpaired) electrons. The third-order valence-electron chi connectivity index (χ3n) is 4.51. The minimum absolute atomic E-state index is 0.103. The first-order chi connectivity index (χ1) is 17.3. The molecule has 3 rings (SSSR count). The first kappa shape index (κ1) is 28.2. The van der Waals surface area contributed by atoms with Crippen LogP contribution >= 0.6 is 0 Å². The van der Waals surface area contributed by atoms with Crippen molar-refractivity contribution in [2.24, 2.45) is 5.92 Å². The topological polar surface area (TPSA) is 102 Å². The van der Waals surface area contributed by atoms with Gasteiger partial charge in [-0.25, -0.2) is 0 Å². The van der Waals surface area contributed by atoms with Crippen LogP contribution in [0.2, 0.25) is 0 Å². The van der Waals surface area contributed by atoms with E-state index in [9.17, 15) is 9.59 Å². The number of aryl methyl sites for hydroxylation is 1. The normalized spacial score (nSPS) is 10.1. The maximum absolute atomic E-state index is 12.3. The number of rotatable bonds is 10. The van der Waals surface area contributed by atoms with Gasteiger partial charge in [0, 0.05) is 30.0 Å². The standard InChI is InChI=1S/C24H26N4O4.C4H10/c1-17-3-8-22(15-27-17)32-21-9-4-18(5-10-21)24(30)28-16-23(29)26-14-13-25-19-6-11-20(31-2)12-7-19;1-4(2)3/h3-12,15,25H,13-14,16H2,1-2H3,(H,26,29)(H,28,30);4H,1-3H3. The number of aromatic nitrogens is 1. The number of amides is 2. The third kappa shape index (κ3) is 10.9. The van der Waals surface area contributed by atoms with Gasteiger partial charge in [0.1, 0.15) is 17.2 Å². The summed E-state index contributed by atoms with van der Waals surface area (Å²) >= 11 is 0. The zero-order valence-electron chi connectivity index (χ0n) is 21.6. The van der Waals surface area contributed by atoms with Crippen LogP contribution in [0.25, 0.3) is 0 Å². The van der Waals surface area contributed by atoms with Gasteiger partial charge in [0.15, 0.2) is 0 Å². The number of ether oxygens (including phenoxy) is 2. The molecule has 1 heterocycles. The Kier molecular flexibility index (Phi) is 11.8. The largest absolute Gasteiger partial charge is 0.497 e. The van der Waals surface area contributed by atoms with Crippen molar-refractivity contribution in [2.75, 3.05) is 32.1 Å². The van der Waals surface area contributed by atoms with E-state index in [1.54, 1.807) is 37.6 Å². The van der Waals surface area contributed by atoms with E-state index >= 15 is 0 Å². The summed E-state index contributed by atoms with van der Waals surface area (Å²) in [6, 6.07) is 17.9. The maximum atomic E-state index is 12.3. The second kappa shape index (κ2) is 15.0.